The number of urea groups is 1. The Bertz CT molecular complexity index is 746. The number of carbonyl (C=O) groups is 2. The van der Waals surface area contributed by atoms with Crippen molar-refractivity contribution in [2.24, 2.45) is 0 Å². The van der Waals surface area contributed by atoms with Crippen molar-refractivity contribution in [3.05, 3.63) is 48.7 Å². The van der Waals surface area contributed by atoms with E-state index in [1.54, 1.807) is 30.7 Å². The molecule has 2 aromatic rings. The average molecular weight is 312 g/mol. The highest BCUT2D eigenvalue weighted by atomic mass is 16.3. The number of nitrogens with zero attached hydrogens (tertiary/aromatic N) is 3. The number of imide groups is 1. The number of pyridine rings is 1. The van der Waals surface area contributed by atoms with Crippen LogP contribution in [0.3, 0.4) is 0 Å². The van der Waals surface area contributed by atoms with Crippen molar-refractivity contribution in [1.29, 1.82) is 0 Å². The van der Waals surface area contributed by atoms with Crippen molar-refractivity contribution >= 4 is 17.6 Å². The number of likely N-dealkylation sites (tertiary alicyclic amines) is 1. The molecule has 2 aliphatic heterocycles. The number of furan rings is 1. The summed E-state index contributed by atoms with van der Waals surface area (Å²) < 4.78 is 5.52. The average Bonchev–Trinajstić information content (AvgIpc) is 3.21. The first-order valence-corrected chi connectivity index (χ1v) is 7.40. The van der Waals surface area contributed by atoms with Crippen LogP contribution in [0.1, 0.15) is 11.7 Å². The second-order valence-corrected chi connectivity index (χ2v) is 6.02. The Balaban J connectivity index is 1.76. The van der Waals surface area contributed by atoms with Crippen LogP contribution in [0.5, 0.6) is 0 Å². The smallest absolute Gasteiger partial charge is 0.329 e. The first-order valence-electron chi connectivity index (χ1n) is 7.40. The van der Waals surface area contributed by atoms with E-state index in [1.165, 1.54) is 11.1 Å². The molecule has 2 atom stereocenters. The molecule has 2 saturated heterocycles. The van der Waals surface area contributed by atoms with E-state index in [2.05, 4.69) is 10.3 Å². The molecule has 0 aliphatic carbocycles. The van der Waals surface area contributed by atoms with Gasteiger partial charge in [-0.05, 0) is 31.3 Å². The normalized spacial score (nSPS) is 27.9. The molecule has 0 aromatic carbocycles. The third-order valence-corrected chi connectivity index (χ3v) is 4.52. The van der Waals surface area contributed by atoms with E-state index in [9.17, 15) is 9.59 Å². The minimum absolute atomic E-state index is 0.222. The lowest BCUT2D eigenvalue weighted by molar-refractivity contribution is -0.122. The molecule has 7 nitrogen and oxygen atoms in total. The predicted octanol–water partition coefficient (Wildman–Crippen LogP) is 1.20. The molecule has 0 unspecified atom stereocenters. The second kappa shape index (κ2) is 4.92. The van der Waals surface area contributed by atoms with Crippen LogP contribution in [0.2, 0.25) is 0 Å². The summed E-state index contributed by atoms with van der Waals surface area (Å²) in [7, 11) is 1.93. The third kappa shape index (κ3) is 1.97. The van der Waals surface area contributed by atoms with Crippen molar-refractivity contribution < 1.29 is 14.0 Å². The molecule has 3 amide bonds. The van der Waals surface area contributed by atoms with Crippen LogP contribution >= 0.6 is 0 Å². The molecule has 0 bridgehead atoms. The number of hydrogen-bond donors (Lipinski definition) is 1. The van der Waals surface area contributed by atoms with Crippen LogP contribution in [-0.2, 0) is 4.79 Å². The van der Waals surface area contributed by atoms with Gasteiger partial charge >= 0.3 is 6.03 Å². The van der Waals surface area contributed by atoms with Crippen LogP contribution in [0.4, 0.5) is 10.5 Å². The monoisotopic (exact) mass is 312 g/mol. The number of carbonyl (C=O) groups excluding carboxylic acids is 2. The lowest BCUT2D eigenvalue weighted by Gasteiger charge is -2.26. The molecule has 7 heteroatoms. The molecule has 4 heterocycles. The van der Waals surface area contributed by atoms with Crippen LogP contribution in [0.15, 0.2) is 47.3 Å². The minimum Gasteiger partial charge on any atom is -0.469 e. The summed E-state index contributed by atoms with van der Waals surface area (Å²) >= 11 is 0. The zero-order chi connectivity index (χ0) is 16.0. The van der Waals surface area contributed by atoms with Crippen molar-refractivity contribution in [3.63, 3.8) is 0 Å². The molecule has 0 radical (unpaired) electrons. The van der Waals surface area contributed by atoms with E-state index >= 15 is 0 Å². The highest BCUT2D eigenvalue weighted by Gasteiger charge is 2.61. The highest BCUT2D eigenvalue weighted by Crippen LogP contribution is 2.40. The fourth-order valence-electron chi connectivity index (χ4n) is 3.55. The maximum Gasteiger partial charge on any atom is 0.329 e. The summed E-state index contributed by atoms with van der Waals surface area (Å²) in [6.07, 6.45) is 4.70. The summed E-state index contributed by atoms with van der Waals surface area (Å²) in [4.78, 5) is 32.8. The first-order chi connectivity index (χ1) is 11.1. The van der Waals surface area contributed by atoms with E-state index in [1.807, 2.05) is 18.0 Å². The molecular weight excluding hydrogens is 296 g/mol. The standard InChI is InChI=1S/C16H16N4O3/c1-19-9-12(13-5-3-7-23-13)16(10-19)14(21)20(15(22)18-16)11-4-2-6-17-8-11/h2-8,12H,9-10H2,1H3,(H,18,22)/t12-,16+/m1/s1. The van der Waals surface area contributed by atoms with Gasteiger partial charge in [0.25, 0.3) is 5.91 Å². The number of nitrogens with one attached hydrogen (secondary N) is 1. The number of aromatic nitrogens is 1. The Morgan fingerprint density at radius 3 is 2.91 bits per heavy atom. The Morgan fingerprint density at radius 2 is 2.22 bits per heavy atom. The van der Waals surface area contributed by atoms with Gasteiger partial charge < -0.3 is 14.6 Å². The SMILES string of the molecule is CN1C[C@H](c2ccco2)[C@]2(C1)NC(=O)N(c1cccnc1)C2=O. The summed E-state index contributed by atoms with van der Waals surface area (Å²) in [5, 5.41) is 2.90. The molecule has 1 spiro atoms. The van der Waals surface area contributed by atoms with Gasteiger partial charge in [-0.25, -0.2) is 9.69 Å². The molecule has 1 N–H and O–H groups in total. The van der Waals surface area contributed by atoms with E-state index in [0.717, 1.165) is 0 Å². The van der Waals surface area contributed by atoms with Crippen LogP contribution in [0.25, 0.3) is 0 Å². The van der Waals surface area contributed by atoms with Crippen molar-refractivity contribution in [3.8, 4) is 0 Å². The number of rotatable bonds is 2. The van der Waals surface area contributed by atoms with Gasteiger partial charge in [0.2, 0.25) is 0 Å². The Hall–Kier alpha value is -2.67. The van der Waals surface area contributed by atoms with Crippen molar-refractivity contribution in [1.82, 2.24) is 15.2 Å². The lowest BCUT2D eigenvalue weighted by atomic mass is 9.85. The number of amides is 3. The van der Waals surface area contributed by atoms with E-state index in [-0.39, 0.29) is 11.8 Å². The number of anilines is 1. The largest absolute Gasteiger partial charge is 0.469 e. The van der Waals surface area contributed by atoms with Crippen molar-refractivity contribution in [2.75, 3.05) is 25.0 Å². The van der Waals surface area contributed by atoms with E-state index < -0.39 is 11.6 Å². The quantitative estimate of drug-likeness (QED) is 0.843. The second-order valence-electron chi connectivity index (χ2n) is 6.02. The third-order valence-electron chi connectivity index (χ3n) is 4.52. The van der Waals surface area contributed by atoms with Crippen LogP contribution in [-0.4, -0.2) is 47.5 Å². The summed E-state index contributed by atoms with van der Waals surface area (Å²) in [5.41, 5.74) is -0.529. The van der Waals surface area contributed by atoms with Gasteiger partial charge in [-0.1, -0.05) is 0 Å². The maximum atomic E-state index is 13.1. The Labute approximate surface area is 132 Å². The first kappa shape index (κ1) is 14.0. The molecule has 2 aliphatic rings. The Kier molecular flexibility index (Phi) is 2.99. The van der Waals surface area contributed by atoms with E-state index in [0.29, 0.717) is 24.5 Å². The number of hydrogen-bond acceptors (Lipinski definition) is 5. The fourth-order valence-corrected chi connectivity index (χ4v) is 3.55. The predicted molar refractivity (Wildman–Crippen MR) is 81.9 cm³/mol. The van der Waals surface area contributed by atoms with Crippen LogP contribution in [0, 0.1) is 0 Å². The fraction of sp³-hybridized carbons (Fsp3) is 0.312. The van der Waals surface area contributed by atoms with Gasteiger partial charge in [-0.15, -0.1) is 0 Å². The molecule has 23 heavy (non-hydrogen) atoms. The van der Waals surface area contributed by atoms with Gasteiger partial charge in [-0.3, -0.25) is 9.78 Å². The number of likely N-dealkylation sites (N-methyl/N-ethyl adjacent to an activating group) is 1. The molecule has 2 fully saturated rings. The van der Waals surface area contributed by atoms with Gasteiger partial charge in [0, 0.05) is 19.3 Å². The van der Waals surface area contributed by atoms with Crippen molar-refractivity contribution in [2.45, 2.75) is 11.5 Å². The van der Waals surface area contributed by atoms with E-state index in [4.69, 9.17) is 4.42 Å². The van der Waals surface area contributed by atoms with Gasteiger partial charge in [0.1, 0.15) is 11.3 Å². The van der Waals surface area contributed by atoms with Gasteiger partial charge in [0.05, 0.1) is 24.1 Å². The summed E-state index contributed by atoms with van der Waals surface area (Å²) in [6.45, 7) is 1.08. The molecule has 118 valence electrons. The maximum absolute atomic E-state index is 13.1. The zero-order valence-corrected chi connectivity index (χ0v) is 12.6. The lowest BCUT2D eigenvalue weighted by Crippen LogP contribution is -2.52. The van der Waals surface area contributed by atoms with Crippen LogP contribution < -0.4 is 10.2 Å². The molecule has 4 rings (SSSR count). The molecule has 0 saturated carbocycles. The minimum atomic E-state index is -1.00. The zero-order valence-electron chi connectivity index (χ0n) is 12.6. The van der Waals surface area contributed by atoms with Gasteiger partial charge in [0.15, 0.2) is 0 Å². The topological polar surface area (TPSA) is 78.7 Å². The molecular formula is C16H16N4O3. The Morgan fingerprint density at radius 1 is 1.35 bits per heavy atom. The van der Waals surface area contributed by atoms with Gasteiger partial charge in [-0.2, -0.15) is 0 Å². The summed E-state index contributed by atoms with van der Waals surface area (Å²) in [5.74, 6) is 0.220. The molecule has 2 aromatic heterocycles. The highest BCUT2D eigenvalue weighted by molar-refractivity contribution is 6.24. The summed E-state index contributed by atoms with van der Waals surface area (Å²) in [6, 6.07) is 6.62.